The van der Waals surface area contributed by atoms with Gasteiger partial charge in [0.2, 0.25) is 11.8 Å². The Morgan fingerprint density at radius 1 is 0.930 bits per heavy atom. The van der Waals surface area contributed by atoms with E-state index in [1.165, 1.54) is 52.2 Å². The molecule has 1 atom stereocenters. The minimum absolute atomic E-state index is 0.0361. The summed E-state index contributed by atoms with van der Waals surface area (Å²) in [5.41, 5.74) is 12.0. The Morgan fingerprint density at radius 2 is 1.73 bits per heavy atom. The van der Waals surface area contributed by atoms with Gasteiger partial charge in [0.15, 0.2) is 11.6 Å². The van der Waals surface area contributed by atoms with E-state index < -0.39 is 0 Å². The minimum Gasteiger partial charge on any atom is -0.473 e. The number of fused-ring (bicyclic) bond motifs is 2. The van der Waals surface area contributed by atoms with Crippen LogP contribution >= 0.6 is 12.6 Å². The zero-order valence-electron chi connectivity index (χ0n) is 42.6. The standard InChI is InChI=1S/C56H72N12O2S/c1-38-27-46(13-10-43(38)30-57)67-36-56(35-55(67,4)37-71)19-25-64(26-20-56)52-14-15-53(60-59-52)70-47-16-22-63(23-17-47)32-41-8-11-45(12-9-41)68-50-18-24-65(40(3)69)34-49(50)54(61-68)66-21-6-7-42-29-48(39(2)28-51(42)66)44-31-58-62(5)33-44/h10,13-15,27-29,31,33,41,45,47,71H,6-9,11-12,16-26,32,34-37H2,1-5H3/t41?,45?,55-/m1/s1. The number of anilines is 4. The summed E-state index contributed by atoms with van der Waals surface area (Å²) in [5, 5.41) is 28.8. The van der Waals surface area contributed by atoms with Crippen LogP contribution in [0.5, 0.6) is 5.88 Å². The summed E-state index contributed by atoms with van der Waals surface area (Å²) in [6, 6.07) is 17.8. The second-order valence-electron chi connectivity index (χ2n) is 22.4. The molecule has 1 spiro atoms. The number of amides is 1. The van der Waals surface area contributed by atoms with E-state index in [1.54, 1.807) is 6.92 Å². The first-order valence-corrected chi connectivity index (χ1v) is 27.1. The van der Waals surface area contributed by atoms with Crippen LogP contribution < -0.4 is 19.4 Å². The molecular weight excluding hydrogens is 905 g/mol. The molecule has 4 fully saturated rings. The Labute approximate surface area is 425 Å². The number of aromatic nitrogens is 6. The number of hydrogen-bond donors (Lipinski definition) is 1. The molecule has 3 saturated heterocycles. The number of ether oxygens (including phenoxy) is 1. The van der Waals surface area contributed by atoms with Crippen LogP contribution in [-0.2, 0) is 31.2 Å². The van der Waals surface area contributed by atoms with Gasteiger partial charge in [-0.05, 0) is 161 Å². The van der Waals surface area contributed by atoms with Crippen molar-refractivity contribution in [1.29, 1.82) is 5.26 Å². The van der Waals surface area contributed by atoms with Crippen molar-refractivity contribution in [2.24, 2.45) is 18.4 Å². The first-order chi connectivity index (χ1) is 34.4. The molecular formula is C56H72N12O2S. The normalized spacial score (nSPS) is 23.7. The van der Waals surface area contributed by atoms with Crippen LogP contribution in [0.15, 0.2) is 54.9 Å². The van der Waals surface area contributed by atoms with Gasteiger partial charge in [0.25, 0.3) is 0 Å². The van der Waals surface area contributed by atoms with Crippen LogP contribution in [-0.4, -0.2) is 115 Å². The Bertz CT molecular complexity index is 2790. The molecule has 5 aromatic rings. The van der Waals surface area contributed by atoms with Crippen molar-refractivity contribution in [1.82, 2.24) is 39.6 Å². The lowest BCUT2D eigenvalue weighted by Gasteiger charge is -2.39. The maximum Gasteiger partial charge on any atom is 0.233 e. The molecule has 1 aliphatic carbocycles. The summed E-state index contributed by atoms with van der Waals surface area (Å²) in [5.74, 6) is 4.22. The van der Waals surface area contributed by atoms with E-state index in [-0.39, 0.29) is 23.0 Å². The Kier molecular flexibility index (Phi) is 13.1. The average Bonchev–Trinajstić information content (AvgIpc) is 4.08. The van der Waals surface area contributed by atoms with E-state index in [4.69, 9.17) is 22.5 Å². The van der Waals surface area contributed by atoms with Gasteiger partial charge in [0.1, 0.15) is 6.10 Å². The molecule has 0 N–H and O–H groups in total. The van der Waals surface area contributed by atoms with Crippen molar-refractivity contribution < 1.29 is 9.53 Å². The van der Waals surface area contributed by atoms with Crippen LogP contribution in [0, 0.1) is 36.5 Å². The highest BCUT2D eigenvalue weighted by Gasteiger charge is 2.51. The molecule has 3 aromatic heterocycles. The number of nitriles is 1. The molecule has 11 rings (SSSR count). The molecule has 71 heavy (non-hydrogen) atoms. The maximum absolute atomic E-state index is 12.7. The van der Waals surface area contributed by atoms with Gasteiger partial charge < -0.3 is 29.2 Å². The number of likely N-dealkylation sites (tertiary alicyclic amines) is 1. The number of carbonyl (C=O) groups excluding carboxylic acids is 1. The molecule has 15 heteroatoms. The van der Waals surface area contributed by atoms with E-state index in [0.717, 1.165) is 151 Å². The van der Waals surface area contributed by atoms with E-state index in [1.807, 2.05) is 41.9 Å². The molecule has 2 aromatic carbocycles. The summed E-state index contributed by atoms with van der Waals surface area (Å²) in [4.78, 5) is 24.8. The highest BCUT2D eigenvalue weighted by Crippen LogP contribution is 2.51. The zero-order chi connectivity index (χ0) is 49.0. The molecule has 1 amide bonds. The van der Waals surface area contributed by atoms with Crippen molar-refractivity contribution in [3.63, 3.8) is 0 Å². The first-order valence-electron chi connectivity index (χ1n) is 26.5. The van der Waals surface area contributed by atoms with E-state index >= 15 is 0 Å². The quantitative estimate of drug-likeness (QED) is 0.135. The number of benzene rings is 2. The van der Waals surface area contributed by atoms with Crippen molar-refractivity contribution >= 4 is 41.5 Å². The number of aryl methyl sites for hydroxylation is 4. The third kappa shape index (κ3) is 9.40. The monoisotopic (exact) mass is 977 g/mol. The van der Waals surface area contributed by atoms with Crippen LogP contribution in [0.2, 0.25) is 0 Å². The SMILES string of the molecule is CC(=O)N1CCc2c(c(N3CCCc4cc(-c5cnn(C)c5)c(C)cc43)nn2C2CCC(CN3CCC(Oc4ccc(N5CCC6(CC5)CN(c5ccc(C#N)c(C)c5)[C@@](C)(CS)C6)nn4)CC3)CC2)C1. The summed E-state index contributed by atoms with van der Waals surface area (Å²) >= 11 is 4.85. The largest absolute Gasteiger partial charge is 0.473 e. The summed E-state index contributed by atoms with van der Waals surface area (Å²) in [7, 11) is 1.97. The molecule has 374 valence electrons. The number of thiol groups is 1. The lowest BCUT2D eigenvalue weighted by atomic mass is 9.74. The predicted octanol–water partition coefficient (Wildman–Crippen LogP) is 9.01. The van der Waals surface area contributed by atoms with E-state index in [0.29, 0.717) is 24.4 Å². The van der Waals surface area contributed by atoms with E-state index in [9.17, 15) is 10.1 Å². The number of nitrogens with zero attached hydrogens (tertiary/aromatic N) is 12. The highest BCUT2D eigenvalue weighted by molar-refractivity contribution is 7.80. The maximum atomic E-state index is 12.7. The molecule has 0 radical (unpaired) electrons. The van der Waals surface area contributed by atoms with Crippen LogP contribution in [0.25, 0.3) is 11.1 Å². The first kappa shape index (κ1) is 47.7. The van der Waals surface area contributed by atoms with Gasteiger partial charge in [-0.25, -0.2) is 0 Å². The molecule has 0 unspecified atom stereocenters. The second-order valence-corrected chi connectivity index (χ2v) is 22.7. The molecule has 5 aliphatic heterocycles. The van der Waals surface area contributed by atoms with Crippen molar-refractivity contribution in [3.8, 4) is 23.1 Å². The Morgan fingerprint density at radius 3 is 2.42 bits per heavy atom. The number of rotatable bonds is 10. The molecule has 8 heterocycles. The van der Waals surface area contributed by atoms with Gasteiger partial charge in [0, 0.05) is 125 Å². The zero-order valence-corrected chi connectivity index (χ0v) is 43.5. The Balaban J connectivity index is 0.668. The van der Waals surface area contributed by atoms with Gasteiger partial charge >= 0.3 is 0 Å². The lowest BCUT2D eigenvalue weighted by Crippen LogP contribution is -2.43. The third-order valence-corrected chi connectivity index (χ3v) is 18.2. The van der Waals surface area contributed by atoms with Gasteiger partial charge in [-0.3, -0.25) is 14.2 Å². The van der Waals surface area contributed by atoms with Crippen LogP contribution in [0.3, 0.4) is 0 Å². The average molecular weight is 977 g/mol. The lowest BCUT2D eigenvalue weighted by molar-refractivity contribution is -0.129. The predicted molar refractivity (Wildman–Crippen MR) is 283 cm³/mol. The second kappa shape index (κ2) is 19.4. The van der Waals surface area contributed by atoms with Crippen molar-refractivity contribution in [3.05, 3.63) is 88.4 Å². The van der Waals surface area contributed by atoms with E-state index in [2.05, 4.69) is 96.0 Å². The number of hydrogen-bond acceptors (Lipinski definition) is 12. The fraction of sp³-hybridized carbons (Fsp3) is 0.571. The van der Waals surface area contributed by atoms with Crippen LogP contribution in [0.4, 0.5) is 23.0 Å². The number of carbonyl (C=O) groups is 1. The van der Waals surface area contributed by atoms with Gasteiger partial charge in [-0.1, -0.05) is 0 Å². The van der Waals surface area contributed by atoms with Gasteiger partial charge in [0.05, 0.1) is 30.4 Å². The van der Waals surface area contributed by atoms with Gasteiger partial charge in [-0.15, -0.1) is 10.2 Å². The van der Waals surface area contributed by atoms with Crippen molar-refractivity contribution in [2.45, 2.75) is 129 Å². The molecule has 1 saturated carbocycles. The molecule has 6 aliphatic rings. The Hall–Kier alpha value is -5.59. The summed E-state index contributed by atoms with van der Waals surface area (Å²) in [6.07, 6.45) is 17.2. The summed E-state index contributed by atoms with van der Waals surface area (Å²) in [6.45, 7) is 16.7. The fourth-order valence-electron chi connectivity index (χ4n) is 13.4. The van der Waals surface area contributed by atoms with Gasteiger partial charge in [-0.2, -0.15) is 28.1 Å². The van der Waals surface area contributed by atoms with Crippen molar-refractivity contribution in [2.75, 3.05) is 72.8 Å². The molecule has 14 nitrogen and oxygen atoms in total. The minimum atomic E-state index is -0.0361. The molecule has 0 bridgehead atoms. The fourth-order valence-corrected chi connectivity index (χ4v) is 13.7. The topological polar surface area (TPSA) is 128 Å². The smallest absolute Gasteiger partial charge is 0.233 e. The number of piperidine rings is 2. The summed E-state index contributed by atoms with van der Waals surface area (Å²) < 4.78 is 10.7. The highest BCUT2D eigenvalue weighted by atomic mass is 32.1. The third-order valence-electron chi connectivity index (χ3n) is 17.5. The van der Waals surface area contributed by atoms with Crippen LogP contribution in [0.1, 0.15) is 118 Å².